The molecular formula is C17H19N5O5. The van der Waals surface area contributed by atoms with Gasteiger partial charge in [0.1, 0.15) is 0 Å². The summed E-state index contributed by atoms with van der Waals surface area (Å²) in [6, 6.07) is 7.05. The molecule has 1 amide bonds. The monoisotopic (exact) mass is 373 g/mol. The number of para-hydroxylation sites is 2. The van der Waals surface area contributed by atoms with Crippen LogP contribution in [-0.2, 0) is 11.3 Å². The molecule has 0 aliphatic carbocycles. The van der Waals surface area contributed by atoms with Gasteiger partial charge in [-0.05, 0) is 12.1 Å². The van der Waals surface area contributed by atoms with E-state index in [0.717, 1.165) is 19.6 Å². The molecule has 4 rings (SSSR count). The molecule has 2 aromatic heterocycles. The number of nitrogens with one attached hydrogen (secondary N) is 1. The maximum absolute atomic E-state index is 12.1. The summed E-state index contributed by atoms with van der Waals surface area (Å²) in [5.41, 5.74) is 1.11. The molecule has 0 bridgehead atoms. The van der Waals surface area contributed by atoms with E-state index >= 15 is 0 Å². The lowest BCUT2D eigenvalue weighted by atomic mass is 10.3. The molecule has 0 spiro atoms. The number of morpholine rings is 1. The van der Waals surface area contributed by atoms with Gasteiger partial charge >= 0.3 is 17.6 Å². The first-order valence-electron chi connectivity index (χ1n) is 8.70. The van der Waals surface area contributed by atoms with Crippen LogP contribution in [0.4, 0.5) is 0 Å². The van der Waals surface area contributed by atoms with E-state index < -0.39 is 11.7 Å². The second kappa shape index (κ2) is 7.72. The summed E-state index contributed by atoms with van der Waals surface area (Å²) in [4.78, 5) is 30.4. The van der Waals surface area contributed by atoms with E-state index in [9.17, 15) is 9.59 Å². The van der Waals surface area contributed by atoms with Gasteiger partial charge in [-0.25, -0.2) is 4.79 Å². The molecule has 1 aliphatic heterocycles. The van der Waals surface area contributed by atoms with Crippen molar-refractivity contribution in [3.63, 3.8) is 0 Å². The molecule has 10 heteroatoms. The Morgan fingerprint density at radius 3 is 2.89 bits per heavy atom. The molecule has 0 radical (unpaired) electrons. The Labute approximate surface area is 153 Å². The van der Waals surface area contributed by atoms with Crippen molar-refractivity contribution in [3.05, 3.63) is 46.5 Å². The normalized spacial score (nSPS) is 15.3. The highest BCUT2D eigenvalue weighted by molar-refractivity contribution is 5.89. The van der Waals surface area contributed by atoms with Crippen LogP contribution in [-0.4, -0.2) is 64.9 Å². The molecule has 1 aromatic carbocycles. The van der Waals surface area contributed by atoms with E-state index in [4.69, 9.17) is 13.7 Å². The number of oxazole rings is 1. The molecule has 3 aromatic rings. The fourth-order valence-electron chi connectivity index (χ4n) is 2.94. The lowest BCUT2D eigenvalue weighted by Crippen LogP contribution is -2.41. The zero-order chi connectivity index (χ0) is 18.6. The highest BCUT2D eigenvalue weighted by Crippen LogP contribution is 2.12. The molecule has 142 valence electrons. The molecule has 0 saturated carbocycles. The molecule has 1 fully saturated rings. The summed E-state index contributed by atoms with van der Waals surface area (Å²) in [7, 11) is 0. The largest absolute Gasteiger partial charge is 0.420 e. The van der Waals surface area contributed by atoms with E-state index in [2.05, 4.69) is 20.4 Å². The van der Waals surface area contributed by atoms with Crippen LogP contribution in [0.2, 0.25) is 0 Å². The van der Waals surface area contributed by atoms with Gasteiger partial charge in [0.15, 0.2) is 11.4 Å². The molecule has 0 unspecified atom stereocenters. The van der Waals surface area contributed by atoms with E-state index in [1.807, 2.05) is 0 Å². The SMILES string of the molecule is O=C(NCCN1CCOCC1)c1nc(Cn2c(=O)oc3ccccc32)no1. The maximum atomic E-state index is 12.1. The third-order valence-corrected chi connectivity index (χ3v) is 4.35. The molecule has 1 aliphatic rings. The van der Waals surface area contributed by atoms with E-state index in [1.165, 1.54) is 4.57 Å². The minimum atomic E-state index is -0.516. The Morgan fingerprint density at radius 1 is 1.22 bits per heavy atom. The van der Waals surface area contributed by atoms with Crippen LogP contribution < -0.4 is 11.1 Å². The zero-order valence-corrected chi connectivity index (χ0v) is 14.6. The summed E-state index contributed by atoms with van der Waals surface area (Å²) in [5.74, 6) is -0.862. The molecule has 27 heavy (non-hydrogen) atoms. The van der Waals surface area contributed by atoms with Crippen LogP contribution in [0.15, 0.2) is 38.0 Å². The van der Waals surface area contributed by atoms with E-state index in [0.29, 0.717) is 30.9 Å². The van der Waals surface area contributed by atoms with Crippen LogP contribution in [0.1, 0.15) is 16.5 Å². The Hall–Kier alpha value is -2.98. The van der Waals surface area contributed by atoms with Gasteiger partial charge in [0.25, 0.3) is 0 Å². The van der Waals surface area contributed by atoms with Crippen LogP contribution in [0.3, 0.4) is 0 Å². The first-order chi connectivity index (χ1) is 13.2. The van der Waals surface area contributed by atoms with E-state index in [1.54, 1.807) is 24.3 Å². The summed E-state index contributed by atoms with van der Waals surface area (Å²) in [6.45, 7) is 4.39. The predicted molar refractivity (Wildman–Crippen MR) is 93.5 cm³/mol. The minimum Gasteiger partial charge on any atom is -0.408 e. The molecule has 1 saturated heterocycles. The number of hydrogen-bond donors (Lipinski definition) is 1. The lowest BCUT2D eigenvalue weighted by molar-refractivity contribution is 0.0382. The zero-order valence-electron chi connectivity index (χ0n) is 14.6. The van der Waals surface area contributed by atoms with Crippen molar-refractivity contribution >= 4 is 17.0 Å². The Kier molecular flexibility index (Phi) is 4.99. The highest BCUT2D eigenvalue weighted by Gasteiger charge is 2.18. The van der Waals surface area contributed by atoms with Crippen molar-refractivity contribution in [1.29, 1.82) is 0 Å². The molecular weight excluding hydrogens is 354 g/mol. The fraction of sp³-hybridized carbons (Fsp3) is 0.412. The first-order valence-corrected chi connectivity index (χ1v) is 8.70. The average molecular weight is 373 g/mol. The van der Waals surface area contributed by atoms with Gasteiger partial charge in [0.2, 0.25) is 0 Å². The number of aromatic nitrogens is 3. The Balaban J connectivity index is 1.37. The standard InChI is InChI=1S/C17H19N5O5/c23-15(18-5-6-21-7-9-25-10-8-21)16-19-14(20-27-16)11-22-12-3-1-2-4-13(12)26-17(22)24/h1-4H,5-11H2,(H,18,23). The highest BCUT2D eigenvalue weighted by atomic mass is 16.5. The Morgan fingerprint density at radius 2 is 2.04 bits per heavy atom. The van der Waals surface area contributed by atoms with Gasteiger partial charge < -0.3 is 19.0 Å². The minimum absolute atomic E-state index is 0.0560. The fourth-order valence-corrected chi connectivity index (χ4v) is 2.94. The van der Waals surface area contributed by atoms with Crippen LogP contribution >= 0.6 is 0 Å². The van der Waals surface area contributed by atoms with Crippen molar-refractivity contribution in [2.24, 2.45) is 0 Å². The van der Waals surface area contributed by atoms with Crippen molar-refractivity contribution in [2.45, 2.75) is 6.54 Å². The Bertz CT molecular complexity index is 985. The topological polar surface area (TPSA) is 116 Å². The van der Waals surface area contributed by atoms with Crippen molar-refractivity contribution in [2.75, 3.05) is 39.4 Å². The number of fused-ring (bicyclic) bond motifs is 1. The number of amides is 1. The van der Waals surface area contributed by atoms with Crippen LogP contribution in [0, 0.1) is 0 Å². The van der Waals surface area contributed by atoms with E-state index in [-0.39, 0.29) is 18.3 Å². The smallest absolute Gasteiger partial charge is 0.408 e. The quantitative estimate of drug-likeness (QED) is 0.646. The van der Waals surface area contributed by atoms with Gasteiger partial charge in [-0.15, -0.1) is 0 Å². The average Bonchev–Trinajstić information content (AvgIpc) is 3.28. The number of ether oxygens (including phenoxy) is 1. The molecule has 10 nitrogen and oxygen atoms in total. The number of rotatable bonds is 6. The molecule has 1 N–H and O–H groups in total. The number of hydrogen-bond acceptors (Lipinski definition) is 8. The molecule has 0 atom stereocenters. The third-order valence-electron chi connectivity index (χ3n) is 4.35. The van der Waals surface area contributed by atoms with Gasteiger partial charge in [0, 0.05) is 26.2 Å². The van der Waals surface area contributed by atoms with Gasteiger partial charge in [-0.2, -0.15) is 4.98 Å². The molecule has 3 heterocycles. The maximum Gasteiger partial charge on any atom is 0.420 e. The first kappa shape index (κ1) is 17.4. The second-order valence-corrected chi connectivity index (χ2v) is 6.15. The van der Waals surface area contributed by atoms with Crippen molar-refractivity contribution in [3.8, 4) is 0 Å². The predicted octanol–water partition coefficient (Wildman–Crippen LogP) is 0.0878. The van der Waals surface area contributed by atoms with Crippen LogP contribution in [0.25, 0.3) is 11.1 Å². The number of carbonyl (C=O) groups is 1. The van der Waals surface area contributed by atoms with Crippen LogP contribution in [0.5, 0.6) is 0 Å². The number of benzene rings is 1. The van der Waals surface area contributed by atoms with Gasteiger partial charge in [-0.3, -0.25) is 14.3 Å². The summed E-state index contributed by atoms with van der Waals surface area (Å²) >= 11 is 0. The third kappa shape index (κ3) is 3.91. The van der Waals surface area contributed by atoms with Crippen molar-refractivity contribution in [1.82, 2.24) is 24.9 Å². The number of nitrogens with zero attached hydrogens (tertiary/aromatic N) is 4. The van der Waals surface area contributed by atoms with Crippen molar-refractivity contribution < 1.29 is 18.5 Å². The van der Waals surface area contributed by atoms with Gasteiger partial charge in [-0.1, -0.05) is 17.3 Å². The lowest BCUT2D eigenvalue weighted by Gasteiger charge is -2.26. The summed E-state index contributed by atoms with van der Waals surface area (Å²) in [6.07, 6.45) is 0. The summed E-state index contributed by atoms with van der Waals surface area (Å²) < 4.78 is 16.9. The second-order valence-electron chi connectivity index (χ2n) is 6.15. The number of carbonyl (C=O) groups excluding carboxylic acids is 1. The van der Waals surface area contributed by atoms with Gasteiger partial charge in [0.05, 0.1) is 25.3 Å². The summed E-state index contributed by atoms with van der Waals surface area (Å²) in [5, 5.41) is 6.54.